The predicted octanol–water partition coefficient (Wildman–Crippen LogP) is 0.952. The maximum absolute atomic E-state index is 12.3. The zero-order valence-electron chi connectivity index (χ0n) is 8.24. The van der Waals surface area contributed by atoms with Crippen LogP contribution in [0, 0.1) is 0 Å². The first-order valence-electron chi connectivity index (χ1n) is 4.80. The van der Waals surface area contributed by atoms with Gasteiger partial charge in [-0.1, -0.05) is 50.8 Å². The van der Waals surface area contributed by atoms with Gasteiger partial charge in [0, 0.05) is 0 Å². The Bertz CT molecular complexity index is 130. The Morgan fingerprint density at radius 2 is 1.15 bits per heavy atom. The van der Waals surface area contributed by atoms with Crippen molar-refractivity contribution in [3.63, 3.8) is 0 Å². The second kappa shape index (κ2) is 6.88. The van der Waals surface area contributed by atoms with E-state index in [0.717, 1.165) is 32.1 Å². The van der Waals surface area contributed by atoms with Crippen LogP contribution in [0.5, 0.6) is 0 Å². The van der Waals surface area contributed by atoms with Crippen molar-refractivity contribution in [3.05, 3.63) is 0 Å². The molecule has 0 radical (unpaired) electrons. The fraction of sp³-hybridized carbons (Fsp3) is 1.00. The Labute approximate surface area is 121 Å². The molecule has 0 atom stereocenters. The van der Waals surface area contributed by atoms with Gasteiger partial charge >= 0.3 is 58.4 Å². The second-order valence-electron chi connectivity index (χ2n) is 3.73. The molecule has 1 aliphatic carbocycles. The molecule has 0 amide bonds. The quantitative estimate of drug-likeness (QED) is 0.575. The summed E-state index contributed by atoms with van der Waals surface area (Å²) in [5.74, 6) is -0.953. The van der Waals surface area contributed by atoms with E-state index in [1.807, 2.05) is 0 Å². The summed E-state index contributed by atoms with van der Waals surface area (Å²) in [6, 6.07) is 0. The zero-order chi connectivity index (χ0) is 9.03. The molecule has 0 N–H and O–H groups in total. The minimum Gasteiger partial charge on any atom is -0.449 e. The van der Waals surface area contributed by atoms with Gasteiger partial charge in [-0.2, -0.15) is 0 Å². The van der Waals surface area contributed by atoms with Crippen LogP contribution < -0.4 is 51.4 Å². The van der Waals surface area contributed by atoms with Crippen LogP contribution in [0.2, 0.25) is 5.82 Å². The van der Waals surface area contributed by atoms with Gasteiger partial charge in [-0.25, -0.2) is 0 Å². The van der Waals surface area contributed by atoms with Crippen LogP contribution in [0.25, 0.3) is 0 Å². The zero-order valence-corrected chi connectivity index (χ0v) is 11.4. The molecule has 1 saturated carbocycles. The number of halogens is 3. The summed E-state index contributed by atoms with van der Waals surface area (Å²) in [4.78, 5) is 0. The number of rotatable bonds is 1. The summed E-state index contributed by atoms with van der Waals surface area (Å²) in [5, 5.41) is 0. The summed E-state index contributed by atoms with van der Waals surface area (Å²) >= 11 is 0. The van der Waals surface area contributed by atoms with Crippen LogP contribution >= 0.6 is 0 Å². The van der Waals surface area contributed by atoms with E-state index in [4.69, 9.17) is 0 Å². The van der Waals surface area contributed by atoms with Crippen molar-refractivity contribution in [3.8, 4) is 0 Å². The van der Waals surface area contributed by atoms with E-state index >= 15 is 0 Å². The van der Waals surface area contributed by atoms with E-state index in [2.05, 4.69) is 0 Å². The van der Waals surface area contributed by atoms with Gasteiger partial charge in [0.15, 0.2) is 0 Å². The van der Waals surface area contributed by atoms with Gasteiger partial charge in [-0.3, -0.25) is 0 Å². The van der Waals surface area contributed by atoms with E-state index in [-0.39, 0.29) is 51.4 Å². The molecule has 1 rings (SSSR count). The molecule has 0 unspecified atom stereocenters. The topological polar surface area (TPSA) is 0 Å². The SMILES string of the molecule is F[B-](F)(F)C1CCCCCCC1.[K+]. The number of hydrogen-bond acceptors (Lipinski definition) is 0. The molecule has 13 heavy (non-hydrogen) atoms. The van der Waals surface area contributed by atoms with E-state index in [9.17, 15) is 12.9 Å². The Balaban J connectivity index is 0.00000144. The smallest absolute Gasteiger partial charge is 0.449 e. The molecule has 0 aliphatic heterocycles. The van der Waals surface area contributed by atoms with E-state index in [1.165, 1.54) is 0 Å². The molecule has 0 nitrogen and oxygen atoms in total. The van der Waals surface area contributed by atoms with Crippen LogP contribution in [-0.4, -0.2) is 6.98 Å². The summed E-state index contributed by atoms with van der Waals surface area (Å²) in [7, 11) is 0. The first-order chi connectivity index (χ1) is 5.61. The van der Waals surface area contributed by atoms with Crippen molar-refractivity contribution in [2.75, 3.05) is 0 Å². The fourth-order valence-electron chi connectivity index (χ4n) is 1.87. The molecule has 0 saturated heterocycles. The second-order valence-corrected chi connectivity index (χ2v) is 3.73. The Kier molecular flexibility index (Phi) is 7.67. The first kappa shape index (κ1) is 14.5. The van der Waals surface area contributed by atoms with E-state index < -0.39 is 12.8 Å². The summed E-state index contributed by atoms with van der Waals surface area (Å²) < 4.78 is 37.0. The molecular weight excluding hydrogens is 203 g/mol. The van der Waals surface area contributed by atoms with Gasteiger partial charge in [0.2, 0.25) is 0 Å². The van der Waals surface area contributed by atoms with Gasteiger partial charge in [0.05, 0.1) is 0 Å². The van der Waals surface area contributed by atoms with Crippen LogP contribution in [-0.2, 0) is 0 Å². The summed E-state index contributed by atoms with van der Waals surface area (Å²) in [6.45, 7) is -4.56. The summed E-state index contributed by atoms with van der Waals surface area (Å²) in [5.41, 5.74) is 0. The fourth-order valence-corrected chi connectivity index (χ4v) is 1.87. The molecule has 1 fully saturated rings. The minimum absolute atomic E-state index is 0. The van der Waals surface area contributed by atoms with Gasteiger partial charge in [0.1, 0.15) is 0 Å². The Morgan fingerprint density at radius 1 is 0.769 bits per heavy atom. The van der Waals surface area contributed by atoms with Gasteiger partial charge in [-0.15, -0.1) is 0 Å². The van der Waals surface area contributed by atoms with Crippen molar-refractivity contribution < 1.29 is 64.3 Å². The minimum atomic E-state index is -4.56. The Hall–Kier alpha value is 1.49. The number of hydrogen-bond donors (Lipinski definition) is 0. The molecule has 0 aromatic heterocycles. The molecule has 1 aliphatic rings. The normalized spacial score (nSPS) is 21.5. The van der Waals surface area contributed by atoms with Crippen molar-refractivity contribution >= 4 is 6.98 Å². The maximum Gasteiger partial charge on any atom is 1.00 e. The molecule has 0 heterocycles. The van der Waals surface area contributed by atoms with Crippen LogP contribution in [0.4, 0.5) is 12.9 Å². The van der Waals surface area contributed by atoms with Gasteiger partial charge in [-0.05, 0) is 0 Å². The molecular formula is C8H15BF3K. The third-order valence-electron chi connectivity index (χ3n) is 2.68. The maximum atomic E-state index is 12.3. The molecule has 72 valence electrons. The Morgan fingerprint density at radius 3 is 1.54 bits per heavy atom. The molecule has 0 aromatic rings. The standard InChI is InChI=1S/C8H15BF3.K/c10-9(11,12)8-6-4-2-1-3-5-7-8;/h8H,1-7H2;/q-1;+1. The molecule has 0 spiro atoms. The summed E-state index contributed by atoms with van der Waals surface area (Å²) in [6.07, 6.45) is 5.40. The third kappa shape index (κ3) is 5.82. The molecule has 5 heteroatoms. The van der Waals surface area contributed by atoms with Gasteiger partial charge in [0.25, 0.3) is 0 Å². The average Bonchev–Trinajstić information content (AvgIpc) is 1.81. The van der Waals surface area contributed by atoms with E-state index in [1.54, 1.807) is 0 Å². The van der Waals surface area contributed by atoms with E-state index in [0.29, 0.717) is 12.8 Å². The van der Waals surface area contributed by atoms with Crippen molar-refractivity contribution in [1.29, 1.82) is 0 Å². The monoisotopic (exact) mass is 218 g/mol. The van der Waals surface area contributed by atoms with Crippen LogP contribution in [0.1, 0.15) is 44.9 Å². The largest absolute Gasteiger partial charge is 1.00 e. The molecule has 0 aromatic carbocycles. The van der Waals surface area contributed by atoms with Crippen molar-refractivity contribution in [2.24, 2.45) is 0 Å². The third-order valence-corrected chi connectivity index (χ3v) is 2.68. The van der Waals surface area contributed by atoms with Crippen molar-refractivity contribution in [2.45, 2.75) is 50.8 Å². The van der Waals surface area contributed by atoms with Crippen LogP contribution in [0.3, 0.4) is 0 Å². The van der Waals surface area contributed by atoms with Crippen LogP contribution in [0.15, 0.2) is 0 Å². The first-order valence-corrected chi connectivity index (χ1v) is 4.80. The predicted molar refractivity (Wildman–Crippen MR) is 45.1 cm³/mol. The average molecular weight is 218 g/mol. The van der Waals surface area contributed by atoms with Gasteiger partial charge < -0.3 is 12.9 Å². The molecule has 0 bridgehead atoms. The van der Waals surface area contributed by atoms with Crippen molar-refractivity contribution in [1.82, 2.24) is 0 Å².